The van der Waals surface area contributed by atoms with Gasteiger partial charge in [-0.05, 0) is 49.9 Å². The summed E-state index contributed by atoms with van der Waals surface area (Å²) in [5.74, 6) is 0. The van der Waals surface area contributed by atoms with E-state index < -0.39 is 0 Å². The van der Waals surface area contributed by atoms with Crippen LogP contribution in [0, 0.1) is 6.92 Å². The molecule has 0 atom stereocenters. The summed E-state index contributed by atoms with van der Waals surface area (Å²) < 4.78 is 0. The molecule has 0 N–H and O–H groups in total. The number of aryl methyl sites for hydroxylation is 3. The van der Waals surface area contributed by atoms with Crippen molar-refractivity contribution >= 4 is 38.4 Å². The zero-order valence-corrected chi connectivity index (χ0v) is 14.5. The molecule has 4 rings (SSSR count). The summed E-state index contributed by atoms with van der Waals surface area (Å²) in [6, 6.07) is 7.70. The largest absolute Gasteiger partial charge is 0.281 e. The third-order valence-corrected chi connectivity index (χ3v) is 6.32. The van der Waals surface area contributed by atoms with Crippen LogP contribution in [0.1, 0.15) is 39.2 Å². The summed E-state index contributed by atoms with van der Waals surface area (Å²) in [4.78, 5) is 23.8. The summed E-state index contributed by atoms with van der Waals surface area (Å²) in [7, 11) is 0. The fourth-order valence-electron chi connectivity index (χ4n) is 2.98. The Morgan fingerprint density at radius 2 is 1.91 bits per heavy atom. The van der Waals surface area contributed by atoms with E-state index in [1.54, 1.807) is 17.7 Å². The van der Waals surface area contributed by atoms with Crippen LogP contribution in [-0.2, 0) is 12.8 Å². The van der Waals surface area contributed by atoms with E-state index in [9.17, 15) is 4.79 Å². The van der Waals surface area contributed by atoms with Gasteiger partial charge in [-0.1, -0.05) is 29.8 Å². The van der Waals surface area contributed by atoms with Gasteiger partial charge in [-0.3, -0.25) is 4.79 Å². The van der Waals surface area contributed by atoms with Gasteiger partial charge < -0.3 is 0 Å². The molecule has 0 amide bonds. The van der Waals surface area contributed by atoms with Crippen molar-refractivity contribution in [1.82, 2.24) is 9.97 Å². The maximum absolute atomic E-state index is 12.6. The second-order valence-electron chi connectivity index (χ2n) is 5.83. The Kier molecular flexibility index (Phi) is 3.91. The number of benzene rings is 1. The highest BCUT2D eigenvalue weighted by atomic mass is 32.2. The third kappa shape index (κ3) is 2.79. The number of aromatic nitrogens is 2. The average Bonchev–Trinajstić information content (AvgIpc) is 2.95. The van der Waals surface area contributed by atoms with Crippen molar-refractivity contribution in [2.24, 2.45) is 0 Å². The highest BCUT2D eigenvalue weighted by Crippen LogP contribution is 2.39. The first kappa shape index (κ1) is 14.8. The molecule has 0 saturated carbocycles. The molecule has 2 heterocycles. The Morgan fingerprint density at radius 1 is 1.13 bits per heavy atom. The predicted octanol–water partition coefficient (Wildman–Crippen LogP) is 4.81. The molecule has 0 bridgehead atoms. The van der Waals surface area contributed by atoms with Crippen LogP contribution in [-0.4, -0.2) is 15.1 Å². The molecule has 0 spiro atoms. The fourth-order valence-corrected chi connectivity index (χ4v) is 5.12. The van der Waals surface area contributed by atoms with Crippen LogP contribution in [0.25, 0.3) is 10.2 Å². The number of nitrogens with zero attached hydrogens (tertiary/aromatic N) is 2. The molecular weight excluding hydrogens is 324 g/mol. The van der Waals surface area contributed by atoms with Gasteiger partial charge in [0.15, 0.2) is 0 Å². The van der Waals surface area contributed by atoms with E-state index in [-0.39, 0.29) is 5.12 Å². The zero-order chi connectivity index (χ0) is 15.8. The van der Waals surface area contributed by atoms with Crippen molar-refractivity contribution in [3.05, 3.63) is 52.2 Å². The number of thioether (sulfide) groups is 1. The van der Waals surface area contributed by atoms with Gasteiger partial charge in [0.05, 0.1) is 0 Å². The number of thiophene rings is 1. The lowest BCUT2D eigenvalue weighted by molar-refractivity contribution is 0.108. The van der Waals surface area contributed by atoms with E-state index in [4.69, 9.17) is 0 Å². The Bertz CT molecular complexity index is 884. The minimum atomic E-state index is 0.0424. The highest BCUT2D eigenvalue weighted by Gasteiger charge is 2.21. The summed E-state index contributed by atoms with van der Waals surface area (Å²) in [5.41, 5.74) is 3.25. The van der Waals surface area contributed by atoms with Crippen molar-refractivity contribution < 1.29 is 4.79 Å². The topological polar surface area (TPSA) is 42.9 Å². The first-order chi connectivity index (χ1) is 11.2. The standard InChI is InChI=1S/C18H16N2OS2/c1-11-6-8-12(9-7-11)18(21)23-17-15-13-4-2-3-5-14(13)22-16(15)19-10-20-17/h6-10H,2-5H2,1H3. The molecule has 3 aromatic rings. The van der Waals surface area contributed by atoms with Crippen LogP contribution in [0.5, 0.6) is 0 Å². The number of hydrogen-bond acceptors (Lipinski definition) is 5. The zero-order valence-electron chi connectivity index (χ0n) is 12.8. The molecule has 1 aromatic carbocycles. The molecule has 2 aromatic heterocycles. The number of hydrogen-bond donors (Lipinski definition) is 0. The van der Waals surface area contributed by atoms with Gasteiger partial charge >= 0.3 is 0 Å². The number of carbonyl (C=O) groups is 1. The van der Waals surface area contributed by atoms with E-state index in [1.807, 2.05) is 31.2 Å². The average molecular weight is 340 g/mol. The fraction of sp³-hybridized carbons (Fsp3) is 0.278. The third-order valence-electron chi connectivity index (χ3n) is 4.19. The number of carbonyl (C=O) groups excluding carboxylic acids is 1. The Balaban J connectivity index is 1.72. The van der Waals surface area contributed by atoms with E-state index in [2.05, 4.69) is 9.97 Å². The molecule has 116 valence electrons. The van der Waals surface area contributed by atoms with E-state index in [0.29, 0.717) is 0 Å². The number of rotatable bonds is 2. The normalized spacial score (nSPS) is 14.0. The molecule has 5 heteroatoms. The van der Waals surface area contributed by atoms with Gasteiger partial charge in [0.25, 0.3) is 0 Å². The second kappa shape index (κ2) is 6.06. The predicted molar refractivity (Wildman–Crippen MR) is 95.4 cm³/mol. The van der Waals surface area contributed by atoms with Crippen LogP contribution < -0.4 is 0 Å². The molecule has 1 aliphatic carbocycles. The molecule has 23 heavy (non-hydrogen) atoms. The van der Waals surface area contributed by atoms with E-state index in [0.717, 1.165) is 39.2 Å². The lowest BCUT2D eigenvalue weighted by atomic mass is 9.97. The molecular formula is C18H16N2OS2. The quantitative estimate of drug-likeness (QED) is 0.496. The Hall–Kier alpha value is -1.72. The number of fused-ring (bicyclic) bond motifs is 3. The lowest BCUT2D eigenvalue weighted by Gasteiger charge is -2.11. The van der Waals surface area contributed by atoms with Crippen LogP contribution in [0.15, 0.2) is 35.6 Å². The van der Waals surface area contributed by atoms with E-state index in [1.165, 1.54) is 35.0 Å². The van der Waals surface area contributed by atoms with Gasteiger partial charge in [0, 0.05) is 15.8 Å². The molecule has 3 nitrogen and oxygen atoms in total. The Labute approximate surface area is 143 Å². The van der Waals surface area contributed by atoms with E-state index >= 15 is 0 Å². The maximum Gasteiger partial charge on any atom is 0.225 e. The SMILES string of the molecule is Cc1ccc(C(=O)Sc2ncnc3sc4c(c23)CCCC4)cc1. The van der Waals surface area contributed by atoms with Gasteiger partial charge in [-0.2, -0.15) is 0 Å². The van der Waals surface area contributed by atoms with Crippen molar-refractivity contribution in [2.45, 2.75) is 37.6 Å². The summed E-state index contributed by atoms with van der Waals surface area (Å²) in [6.07, 6.45) is 6.25. The van der Waals surface area contributed by atoms with Crippen LogP contribution in [0.4, 0.5) is 0 Å². The van der Waals surface area contributed by atoms with Gasteiger partial charge in [-0.15, -0.1) is 11.3 Å². The molecule has 0 fully saturated rings. The maximum atomic E-state index is 12.6. The van der Waals surface area contributed by atoms with Crippen molar-refractivity contribution in [1.29, 1.82) is 0 Å². The van der Waals surface area contributed by atoms with Crippen molar-refractivity contribution in [2.75, 3.05) is 0 Å². The summed E-state index contributed by atoms with van der Waals surface area (Å²) in [5, 5.41) is 1.96. The monoisotopic (exact) mass is 340 g/mol. The molecule has 1 aliphatic rings. The van der Waals surface area contributed by atoms with Gasteiger partial charge in [0.1, 0.15) is 16.2 Å². The highest BCUT2D eigenvalue weighted by molar-refractivity contribution is 8.14. The van der Waals surface area contributed by atoms with Crippen LogP contribution in [0.3, 0.4) is 0 Å². The Morgan fingerprint density at radius 3 is 2.74 bits per heavy atom. The minimum Gasteiger partial charge on any atom is -0.281 e. The van der Waals surface area contributed by atoms with Crippen LogP contribution in [0.2, 0.25) is 0 Å². The molecule has 0 saturated heterocycles. The molecule has 0 aliphatic heterocycles. The second-order valence-corrected chi connectivity index (χ2v) is 7.87. The molecule has 0 radical (unpaired) electrons. The summed E-state index contributed by atoms with van der Waals surface area (Å²) >= 11 is 2.99. The van der Waals surface area contributed by atoms with Gasteiger partial charge in [-0.25, -0.2) is 9.97 Å². The van der Waals surface area contributed by atoms with Crippen molar-refractivity contribution in [3.63, 3.8) is 0 Å². The first-order valence-corrected chi connectivity index (χ1v) is 9.40. The molecule has 0 unspecified atom stereocenters. The van der Waals surface area contributed by atoms with Crippen molar-refractivity contribution in [3.8, 4) is 0 Å². The lowest BCUT2D eigenvalue weighted by Crippen LogP contribution is -2.00. The smallest absolute Gasteiger partial charge is 0.225 e. The summed E-state index contributed by atoms with van der Waals surface area (Å²) in [6.45, 7) is 2.02. The first-order valence-electron chi connectivity index (χ1n) is 7.76. The minimum absolute atomic E-state index is 0.0424. The van der Waals surface area contributed by atoms with Gasteiger partial charge in [0.2, 0.25) is 5.12 Å². The van der Waals surface area contributed by atoms with Crippen LogP contribution >= 0.6 is 23.1 Å².